The molecule has 3 N–H and O–H groups in total. The topological polar surface area (TPSA) is 98.7 Å². The zero-order chi connectivity index (χ0) is 27.6. The molecule has 1 saturated heterocycles. The van der Waals surface area contributed by atoms with Gasteiger partial charge in [0.25, 0.3) is 0 Å². The van der Waals surface area contributed by atoms with E-state index in [0.717, 1.165) is 43.2 Å². The highest BCUT2D eigenvalue weighted by Gasteiger charge is 2.38. The summed E-state index contributed by atoms with van der Waals surface area (Å²) in [6.07, 6.45) is -2.66. The van der Waals surface area contributed by atoms with Gasteiger partial charge < -0.3 is 15.3 Å². The molecular weight excluding hydrogens is 539 g/mol. The van der Waals surface area contributed by atoms with E-state index in [0.29, 0.717) is 10.8 Å². The first-order chi connectivity index (χ1) is 18.0. The van der Waals surface area contributed by atoms with Gasteiger partial charge in [-0.05, 0) is 60.8 Å². The summed E-state index contributed by atoms with van der Waals surface area (Å²) in [7, 11) is -3.46. The summed E-state index contributed by atoms with van der Waals surface area (Å²) < 4.78 is 60.2. The van der Waals surface area contributed by atoms with Crippen LogP contribution in [0.5, 0.6) is 0 Å². The van der Waals surface area contributed by atoms with E-state index in [9.17, 15) is 21.6 Å². The predicted molar refractivity (Wildman–Crippen MR) is 141 cm³/mol. The Labute approximate surface area is 224 Å². The van der Waals surface area contributed by atoms with E-state index >= 15 is 0 Å². The first-order valence-electron chi connectivity index (χ1n) is 12.0. The maximum absolute atomic E-state index is 12.7. The number of hydrogen-bond donors (Lipinski definition) is 3. The molecule has 12 heteroatoms. The lowest BCUT2D eigenvalue weighted by molar-refractivity contribution is -0.192. The number of nitrogens with one attached hydrogen (secondary N) is 2. The van der Waals surface area contributed by atoms with Crippen molar-refractivity contribution in [3.63, 3.8) is 0 Å². The summed E-state index contributed by atoms with van der Waals surface area (Å²) in [6, 6.07) is 22.2. The van der Waals surface area contributed by atoms with Crippen LogP contribution in [-0.4, -0.2) is 56.7 Å². The average Bonchev–Trinajstić information content (AvgIpc) is 3.58. The molecule has 38 heavy (non-hydrogen) atoms. The lowest BCUT2D eigenvalue weighted by Gasteiger charge is -2.14. The van der Waals surface area contributed by atoms with E-state index in [-0.39, 0.29) is 0 Å². The van der Waals surface area contributed by atoms with Gasteiger partial charge in [-0.25, -0.2) is 17.9 Å². The summed E-state index contributed by atoms with van der Waals surface area (Å²) in [4.78, 5) is 12.2. The van der Waals surface area contributed by atoms with Gasteiger partial charge in [0.15, 0.2) is 0 Å². The molecule has 0 amide bonds. The lowest BCUT2D eigenvalue weighted by atomic mass is 10.1. The van der Waals surface area contributed by atoms with Crippen LogP contribution >= 0.6 is 11.3 Å². The van der Waals surface area contributed by atoms with Gasteiger partial charge in [-0.15, -0.1) is 11.3 Å². The van der Waals surface area contributed by atoms with Gasteiger partial charge in [0, 0.05) is 31.1 Å². The summed E-state index contributed by atoms with van der Waals surface area (Å²) in [6.45, 7) is 4.95. The van der Waals surface area contributed by atoms with E-state index in [1.165, 1.54) is 35.3 Å². The molecule has 206 valence electrons. The van der Waals surface area contributed by atoms with E-state index in [1.807, 2.05) is 36.4 Å². The summed E-state index contributed by atoms with van der Waals surface area (Å²) in [5.41, 5.74) is 3.47. The quantitative estimate of drug-likeness (QED) is 0.327. The predicted octanol–water partition coefficient (Wildman–Crippen LogP) is 4.71. The van der Waals surface area contributed by atoms with Gasteiger partial charge in [0.2, 0.25) is 10.0 Å². The van der Waals surface area contributed by atoms with Crippen molar-refractivity contribution in [2.75, 3.05) is 26.2 Å². The third kappa shape index (κ3) is 9.52. The number of carboxylic acid groups (broad SMARTS) is 1. The number of hydrogen-bond acceptors (Lipinski definition) is 6. The Hall–Kier alpha value is -2.77. The highest BCUT2D eigenvalue weighted by atomic mass is 32.2. The lowest BCUT2D eigenvalue weighted by Crippen LogP contribution is -2.33. The van der Waals surface area contributed by atoms with E-state index in [2.05, 4.69) is 39.2 Å². The Morgan fingerprint density at radius 3 is 2.24 bits per heavy atom. The summed E-state index contributed by atoms with van der Waals surface area (Å²) in [5, 5.41) is 10.6. The molecule has 0 unspecified atom stereocenters. The van der Waals surface area contributed by atoms with Crippen LogP contribution in [0.15, 0.2) is 70.9 Å². The zero-order valence-corrected chi connectivity index (χ0v) is 22.2. The number of likely N-dealkylation sites (tertiary alicyclic amines) is 1. The average molecular weight is 570 g/mol. The van der Waals surface area contributed by atoms with Crippen LogP contribution in [0, 0.1) is 0 Å². The molecular formula is C26H30F3N3O4S2. The van der Waals surface area contributed by atoms with Gasteiger partial charge >= 0.3 is 12.1 Å². The molecule has 1 aromatic heterocycles. The Balaban J connectivity index is 0.000000505. The zero-order valence-electron chi connectivity index (χ0n) is 20.6. The van der Waals surface area contributed by atoms with Crippen LogP contribution in [0.2, 0.25) is 0 Å². The van der Waals surface area contributed by atoms with Gasteiger partial charge in [-0.1, -0.05) is 48.5 Å². The van der Waals surface area contributed by atoms with Crippen molar-refractivity contribution in [1.29, 1.82) is 0 Å². The van der Waals surface area contributed by atoms with Gasteiger partial charge in [0.1, 0.15) is 4.21 Å². The van der Waals surface area contributed by atoms with Crippen LogP contribution in [-0.2, 0) is 27.9 Å². The van der Waals surface area contributed by atoms with Gasteiger partial charge in [-0.2, -0.15) is 13.2 Å². The maximum Gasteiger partial charge on any atom is 0.490 e. The van der Waals surface area contributed by atoms with Crippen molar-refractivity contribution in [3.05, 3.63) is 77.9 Å². The minimum absolute atomic E-state index is 0.372. The molecule has 3 aromatic rings. The van der Waals surface area contributed by atoms with Gasteiger partial charge in [0.05, 0.1) is 0 Å². The van der Waals surface area contributed by atoms with Crippen molar-refractivity contribution in [3.8, 4) is 10.4 Å². The van der Waals surface area contributed by atoms with E-state index in [1.54, 1.807) is 6.07 Å². The molecule has 0 spiro atoms. The Bertz CT molecular complexity index is 1280. The molecule has 0 radical (unpaired) electrons. The smallest absolute Gasteiger partial charge is 0.475 e. The van der Waals surface area contributed by atoms with Crippen molar-refractivity contribution in [1.82, 2.24) is 14.9 Å². The Kier molecular flexibility index (Phi) is 10.9. The summed E-state index contributed by atoms with van der Waals surface area (Å²) >= 11 is 1.32. The summed E-state index contributed by atoms with van der Waals surface area (Å²) in [5.74, 6) is -2.76. The van der Waals surface area contributed by atoms with Crippen molar-refractivity contribution < 1.29 is 31.5 Å². The second kappa shape index (κ2) is 13.9. The number of alkyl halides is 3. The molecule has 0 aliphatic carbocycles. The minimum atomic E-state index is -5.08. The number of halogens is 3. The molecule has 0 bridgehead atoms. The highest BCUT2D eigenvalue weighted by Crippen LogP contribution is 2.31. The fourth-order valence-electron chi connectivity index (χ4n) is 3.82. The third-order valence-corrected chi connectivity index (χ3v) is 8.81. The molecule has 1 fully saturated rings. The van der Waals surface area contributed by atoms with Crippen molar-refractivity contribution >= 4 is 27.3 Å². The minimum Gasteiger partial charge on any atom is -0.475 e. The first kappa shape index (κ1) is 29.8. The van der Waals surface area contributed by atoms with Crippen LogP contribution in [0.25, 0.3) is 10.4 Å². The second-order valence-corrected chi connectivity index (χ2v) is 11.7. The highest BCUT2D eigenvalue weighted by molar-refractivity contribution is 7.91. The molecule has 7 nitrogen and oxygen atoms in total. The molecule has 2 aromatic carbocycles. The first-order valence-corrected chi connectivity index (χ1v) is 14.3. The molecule has 4 rings (SSSR count). The van der Waals surface area contributed by atoms with E-state index in [4.69, 9.17) is 9.90 Å². The molecule has 1 aliphatic heterocycles. The number of aliphatic carboxylic acids is 1. The molecule has 0 atom stereocenters. The largest absolute Gasteiger partial charge is 0.490 e. The van der Waals surface area contributed by atoms with Crippen LogP contribution in [0.4, 0.5) is 13.2 Å². The number of sulfonamides is 1. The number of carbonyl (C=O) groups is 1. The third-order valence-electron chi connectivity index (χ3n) is 5.72. The number of rotatable bonds is 10. The molecule has 1 aliphatic rings. The monoisotopic (exact) mass is 569 g/mol. The number of nitrogens with zero attached hydrogens (tertiary/aromatic N) is 1. The SMILES string of the molecule is O=C(O)C(F)(F)F.O=S(=O)(NCCN1CCCC1)c1ccc(-c2cccc(CNCc3ccccc3)c2)s1. The molecule has 2 heterocycles. The normalized spacial score (nSPS) is 14.2. The van der Waals surface area contributed by atoms with Crippen LogP contribution in [0.1, 0.15) is 24.0 Å². The fourth-order valence-corrected chi connectivity index (χ4v) is 6.18. The number of carboxylic acids is 1. The number of benzene rings is 2. The Morgan fingerprint density at radius 2 is 1.58 bits per heavy atom. The van der Waals surface area contributed by atoms with E-state index < -0.39 is 22.2 Å². The second-order valence-electron chi connectivity index (χ2n) is 8.66. The van der Waals surface area contributed by atoms with Gasteiger partial charge in [-0.3, -0.25) is 0 Å². The van der Waals surface area contributed by atoms with Crippen molar-refractivity contribution in [2.24, 2.45) is 0 Å². The molecule has 0 saturated carbocycles. The van der Waals surface area contributed by atoms with Crippen molar-refractivity contribution in [2.45, 2.75) is 36.3 Å². The maximum atomic E-state index is 12.7. The number of thiophene rings is 1. The Morgan fingerprint density at radius 1 is 0.947 bits per heavy atom. The van der Waals surface area contributed by atoms with Crippen LogP contribution < -0.4 is 10.0 Å². The standard InChI is InChI=1S/C24H29N3O2S2.C2HF3O2/c28-31(29,26-13-16-27-14-4-5-15-27)24-12-11-23(30-24)22-10-6-9-21(17-22)19-25-18-20-7-2-1-3-8-20;3-2(4,5)1(6)7/h1-3,6-12,17,25-26H,4-5,13-16,18-19H2;(H,6,7). The van der Waals surface area contributed by atoms with Crippen LogP contribution in [0.3, 0.4) is 0 Å². The fraction of sp³-hybridized carbons (Fsp3) is 0.346.